The standard InChI is InChI=1S/C18H21N5O3/c1-11-8-15(22-26-11)18(25)21-14-6-7-23(9-16(14)24)10-17-19-12-4-2-3-5-13(12)20-17/h2-5,8,14,16,24H,6-7,9-10H2,1H3,(H,19,20)(H,21,25)/t14-,16-/m1/s1. The molecule has 26 heavy (non-hydrogen) atoms. The van der Waals surface area contributed by atoms with Crippen molar-refractivity contribution in [3.8, 4) is 0 Å². The molecule has 0 spiro atoms. The molecule has 4 rings (SSSR count). The topological polar surface area (TPSA) is 107 Å². The Balaban J connectivity index is 1.35. The second-order valence-electron chi connectivity index (χ2n) is 6.69. The van der Waals surface area contributed by atoms with Crippen molar-refractivity contribution >= 4 is 16.9 Å². The van der Waals surface area contributed by atoms with Crippen LogP contribution in [0.25, 0.3) is 11.0 Å². The number of piperidine rings is 1. The van der Waals surface area contributed by atoms with Crippen molar-refractivity contribution in [3.63, 3.8) is 0 Å². The first-order valence-corrected chi connectivity index (χ1v) is 8.67. The monoisotopic (exact) mass is 355 g/mol. The number of carbonyl (C=O) groups is 1. The molecule has 1 amide bonds. The summed E-state index contributed by atoms with van der Waals surface area (Å²) < 4.78 is 4.92. The van der Waals surface area contributed by atoms with Crippen molar-refractivity contribution in [2.24, 2.45) is 0 Å². The summed E-state index contributed by atoms with van der Waals surface area (Å²) in [6, 6.07) is 9.18. The molecule has 1 fully saturated rings. The van der Waals surface area contributed by atoms with E-state index in [1.807, 2.05) is 24.3 Å². The maximum absolute atomic E-state index is 12.2. The van der Waals surface area contributed by atoms with Gasteiger partial charge in [0.25, 0.3) is 5.91 Å². The molecule has 0 aliphatic carbocycles. The Morgan fingerprint density at radius 1 is 1.46 bits per heavy atom. The number of rotatable bonds is 4. The van der Waals surface area contributed by atoms with Crippen molar-refractivity contribution in [2.45, 2.75) is 32.0 Å². The fourth-order valence-corrected chi connectivity index (χ4v) is 3.32. The number of hydrogen-bond acceptors (Lipinski definition) is 6. The van der Waals surface area contributed by atoms with Crippen LogP contribution in [0.2, 0.25) is 0 Å². The highest BCUT2D eigenvalue weighted by atomic mass is 16.5. The second kappa shape index (κ2) is 6.89. The number of hydrogen-bond donors (Lipinski definition) is 3. The van der Waals surface area contributed by atoms with E-state index < -0.39 is 6.10 Å². The molecule has 0 saturated carbocycles. The Hall–Kier alpha value is -2.71. The highest BCUT2D eigenvalue weighted by Crippen LogP contribution is 2.16. The molecule has 0 unspecified atom stereocenters. The molecular formula is C18H21N5O3. The number of carbonyl (C=O) groups excluding carboxylic acids is 1. The van der Waals surface area contributed by atoms with Crippen molar-refractivity contribution < 1.29 is 14.4 Å². The van der Waals surface area contributed by atoms with E-state index in [4.69, 9.17) is 4.52 Å². The molecule has 8 heteroatoms. The third-order valence-electron chi connectivity index (χ3n) is 4.65. The number of likely N-dealkylation sites (tertiary alicyclic amines) is 1. The van der Waals surface area contributed by atoms with Crippen LogP contribution in [-0.2, 0) is 6.54 Å². The Kier molecular flexibility index (Phi) is 4.44. The molecule has 1 aliphatic heterocycles. The zero-order valence-electron chi connectivity index (χ0n) is 14.5. The van der Waals surface area contributed by atoms with Gasteiger partial charge in [0.2, 0.25) is 0 Å². The summed E-state index contributed by atoms with van der Waals surface area (Å²) in [6.45, 7) is 3.60. The summed E-state index contributed by atoms with van der Waals surface area (Å²) in [5.41, 5.74) is 2.18. The first-order valence-electron chi connectivity index (χ1n) is 8.67. The number of aryl methyl sites for hydroxylation is 1. The van der Waals surface area contributed by atoms with Gasteiger partial charge < -0.3 is 19.9 Å². The molecular weight excluding hydrogens is 334 g/mol. The molecule has 3 heterocycles. The fourth-order valence-electron chi connectivity index (χ4n) is 3.32. The van der Waals surface area contributed by atoms with Crippen LogP contribution >= 0.6 is 0 Å². The summed E-state index contributed by atoms with van der Waals surface area (Å²) in [5, 5.41) is 17.0. The van der Waals surface area contributed by atoms with Crippen LogP contribution in [0.3, 0.4) is 0 Å². The lowest BCUT2D eigenvalue weighted by Gasteiger charge is -2.35. The van der Waals surface area contributed by atoms with Gasteiger partial charge in [-0.05, 0) is 25.5 Å². The number of para-hydroxylation sites is 2. The largest absolute Gasteiger partial charge is 0.390 e. The molecule has 2 atom stereocenters. The summed E-state index contributed by atoms with van der Waals surface area (Å²) in [7, 11) is 0. The van der Waals surface area contributed by atoms with Gasteiger partial charge in [0.05, 0.1) is 29.7 Å². The predicted octanol–water partition coefficient (Wildman–Crippen LogP) is 1.22. The molecule has 1 saturated heterocycles. The second-order valence-corrected chi connectivity index (χ2v) is 6.69. The highest BCUT2D eigenvalue weighted by Gasteiger charge is 2.30. The first-order chi connectivity index (χ1) is 12.6. The Labute approximate surface area is 150 Å². The smallest absolute Gasteiger partial charge is 0.273 e. The fraction of sp³-hybridized carbons (Fsp3) is 0.389. The van der Waals surface area contributed by atoms with Gasteiger partial charge in [-0.15, -0.1) is 0 Å². The normalized spacial score (nSPS) is 21.2. The van der Waals surface area contributed by atoms with Crippen LogP contribution in [0, 0.1) is 6.92 Å². The third kappa shape index (κ3) is 3.47. The number of β-amino-alcohol motifs (C(OH)–C–C–N with tert-alkyl or cyclic N) is 1. The Morgan fingerprint density at radius 3 is 3.04 bits per heavy atom. The molecule has 0 bridgehead atoms. The van der Waals surface area contributed by atoms with Crippen molar-refractivity contribution in [1.29, 1.82) is 0 Å². The molecule has 0 radical (unpaired) electrons. The molecule has 8 nitrogen and oxygen atoms in total. The molecule has 136 valence electrons. The number of nitrogens with one attached hydrogen (secondary N) is 2. The van der Waals surface area contributed by atoms with Gasteiger partial charge in [-0.2, -0.15) is 0 Å². The van der Waals surface area contributed by atoms with Crippen molar-refractivity contribution in [1.82, 2.24) is 25.3 Å². The van der Waals surface area contributed by atoms with E-state index in [-0.39, 0.29) is 17.6 Å². The van der Waals surface area contributed by atoms with Crippen LogP contribution in [0.4, 0.5) is 0 Å². The number of aliphatic hydroxyl groups excluding tert-OH is 1. The lowest BCUT2D eigenvalue weighted by molar-refractivity contribution is 0.0339. The average molecular weight is 355 g/mol. The van der Waals surface area contributed by atoms with Crippen LogP contribution in [0.5, 0.6) is 0 Å². The number of aromatic amines is 1. The summed E-state index contributed by atoms with van der Waals surface area (Å²) in [4.78, 5) is 22.2. The molecule has 3 N–H and O–H groups in total. The van der Waals surface area contributed by atoms with Crippen LogP contribution in [0.15, 0.2) is 34.9 Å². The number of benzene rings is 1. The number of imidazole rings is 1. The zero-order valence-corrected chi connectivity index (χ0v) is 14.5. The van der Waals surface area contributed by atoms with E-state index in [0.717, 1.165) is 23.4 Å². The van der Waals surface area contributed by atoms with Gasteiger partial charge in [0.15, 0.2) is 5.69 Å². The average Bonchev–Trinajstić information content (AvgIpc) is 3.22. The number of aliphatic hydroxyl groups is 1. The quantitative estimate of drug-likeness (QED) is 0.650. The predicted molar refractivity (Wildman–Crippen MR) is 94.5 cm³/mol. The zero-order chi connectivity index (χ0) is 18.1. The van der Waals surface area contributed by atoms with E-state index >= 15 is 0 Å². The lowest BCUT2D eigenvalue weighted by Crippen LogP contribution is -2.53. The summed E-state index contributed by atoms with van der Waals surface area (Å²) >= 11 is 0. The maximum atomic E-state index is 12.2. The minimum atomic E-state index is -0.648. The minimum Gasteiger partial charge on any atom is -0.390 e. The SMILES string of the molecule is Cc1cc(C(=O)N[C@@H]2CCN(Cc3nc4ccccc4[nH]3)C[C@H]2O)no1. The highest BCUT2D eigenvalue weighted by molar-refractivity contribution is 5.92. The van der Waals surface area contributed by atoms with Gasteiger partial charge in [-0.25, -0.2) is 4.98 Å². The van der Waals surface area contributed by atoms with Crippen LogP contribution in [0.1, 0.15) is 28.5 Å². The Morgan fingerprint density at radius 2 is 2.31 bits per heavy atom. The maximum Gasteiger partial charge on any atom is 0.273 e. The van der Waals surface area contributed by atoms with Gasteiger partial charge in [0, 0.05) is 19.2 Å². The molecule has 3 aromatic rings. The summed E-state index contributed by atoms with van der Waals surface area (Å²) in [6.07, 6.45) is 0.00864. The van der Waals surface area contributed by atoms with Crippen molar-refractivity contribution in [3.05, 3.63) is 47.6 Å². The molecule has 1 aromatic carbocycles. The minimum absolute atomic E-state index is 0.236. The lowest BCUT2D eigenvalue weighted by atomic mass is 10.0. The number of aromatic nitrogens is 3. The van der Waals surface area contributed by atoms with E-state index in [1.165, 1.54) is 0 Å². The van der Waals surface area contributed by atoms with Gasteiger partial charge in [-0.1, -0.05) is 17.3 Å². The third-order valence-corrected chi connectivity index (χ3v) is 4.65. The van der Waals surface area contributed by atoms with Gasteiger partial charge >= 0.3 is 0 Å². The van der Waals surface area contributed by atoms with Gasteiger partial charge in [0.1, 0.15) is 11.6 Å². The van der Waals surface area contributed by atoms with Crippen LogP contribution in [-0.4, -0.2) is 56.3 Å². The van der Waals surface area contributed by atoms with E-state index in [0.29, 0.717) is 25.3 Å². The number of fused-ring (bicyclic) bond motifs is 1. The Bertz CT molecular complexity index is 885. The molecule has 2 aromatic heterocycles. The van der Waals surface area contributed by atoms with E-state index in [9.17, 15) is 9.90 Å². The number of H-pyrrole nitrogens is 1. The van der Waals surface area contributed by atoms with E-state index in [2.05, 4.69) is 25.3 Å². The van der Waals surface area contributed by atoms with Crippen LogP contribution < -0.4 is 5.32 Å². The van der Waals surface area contributed by atoms with Crippen molar-refractivity contribution in [2.75, 3.05) is 13.1 Å². The number of nitrogens with zero attached hydrogens (tertiary/aromatic N) is 3. The first kappa shape index (κ1) is 16.7. The van der Waals surface area contributed by atoms with E-state index in [1.54, 1.807) is 13.0 Å². The molecule has 1 aliphatic rings. The van der Waals surface area contributed by atoms with Gasteiger partial charge in [-0.3, -0.25) is 9.69 Å². The number of amides is 1. The summed E-state index contributed by atoms with van der Waals surface area (Å²) in [5.74, 6) is 1.13.